The fourth-order valence-corrected chi connectivity index (χ4v) is 2.61. The molecule has 0 saturated carbocycles. The molecule has 0 saturated heterocycles. The Hall–Kier alpha value is -1.26. The van der Waals surface area contributed by atoms with Crippen molar-refractivity contribution in [3.05, 3.63) is 18.3 Å². The van der Waals surface area contributed by atoms with Gasteiger partial charge in [0.05, 0.1) is 13.2 Å². The zero-order chi connectivity index (χ0) is 14.8. The molecular weight excluding hydrogens is 284 g/mol. The van der Waals surface area contributed by atoms with Gasteiger partial charge in [0, 0.05) is 26.5 Å². The molecule has 1 aromatic heterocycles. The van der Waals surface area contributed by atoms with E-state index in [0.29, 0.717) is 26.2 Å². The van der Waals surface area contributed by atoms with Gasteiger partial charge in [-0.15, -0.1) is 0 Å². The predicted octanol–water partition coefficient (Wildman–Crippen LogP) is -0.301. The first kappa shape index (κ1) is 16.8. The second-order valence-electron chi connectivity index (χ2n) is 3.85. The van der Waals surface area contributed by atoms with Crippen LogP contribution in [0.5, 0.6) is 0 Å². The third-order valence-electron chi connectivity index (χ3n) is 2.39. The summed E-state index contributed by atoms with van der Waals surface area (Å²) in [4.78, 5) is 3.86. The second-order valence-corrected chi connectivity index (χ2v) is 5.59. The summed E-state index contributed by atoms with van der Waals surface area (Å²) in [5, 5.41) is 0. The van der Waals surface area contributed by atoms with Crippen LogP contribution in [0.25, 0.3) is 0 Å². The number of aromatic nitrogens is 1. The van der Waals surface area contributed by atoms with Crippen LogP contribution in [-0.2, 0) is 19.5 Å². The molecule has 0 radical (unpaired) electrons. The molecule has 0 aliphatic rings. The molecule has 0 aliphatic heterocycles. The Morgan fingerprint density at radius 1 is 1.35 bits per heavy atom. The Kier molecular flexibility index (Phi) is 7.41. The summed E-state index contributed by atoms with van der Waals surface area (Å²) < 4.78 is 36.6. The van der Waals surface area contributed by atoms with Crippen LogP contribution >= 0.6 is 0 Å². The van der Waals surface area contributed by atoms with Crippen LogP contribution in [0.4, 0.5) is 5.82 Å². The van der Waals surface area contributed by atoms with Gasteiger partial charge in [0.25, 0.3) is 0 Å². The highest BCUT2D eigenvalue weighted by atomic mass is 32.2. The van der Waals surface area contributed by atoms with Crippen LogP contribution in [0.15, 0.2) is 23.2 Å². The number of nitrogens with two attached hydrogens (primary N) is 1. The smallest absolute Gasteiger partial charge is 0.244 e. The summed E-state index contributed by atoms with van der Waals surface area (Å²) in [6.07, 6.45) is 2.02. The Labute approximate surface area is 118 Å². The second kappa shape index (κ2) is 8.82. The number of rotatable bonds is 10. The molecule has 0 fully saturated rings. The highest BCUT2D eigenvalue weighted by Crippen LogP contribution is 2.16. The maximum absolute atomic E-state index is 12.0. The number of pyridine rings is 1. The molecule has 0 bridgehead atoms. The van der Waals surface area contributed by atoms with E-state index in [1.807, 2.05) is 0 Å². The molecule has 0 atom stereocenters. The zero-order valence-corrected chi connectivity index (χ0v) is 12.1. The summed E-state index contributed by atoms with van der Waals surface area (Å²) in [5.41, 5.74) is 2.26. The molecule has 4 N–H and O–H groups in total. The van der Waals surface area contributed by atoms with E-state index in [0.717, 1.165) is 0 Å². The first-order valence-electron chi connectivity index (χ1n) is 6.10. The largest absolute Gasteiger partial charge is 0.382 e. The molecular formula is C11H20N4O4S. The minimum atomic E-state index is -3.64. The van der Waals surface area contributed by atoms with Crippen molar-refractivity contribution >= 4 is 15.8 Å². The number of methoxy groups -OCH3 is 1. The van der Waals surface area contributed by atoms with Gasteiger partial charge in [-0.1, -0.05) is 0 Å². The number of nitrogens with one attached hydrogen (secondary N) is 2. The number of hydrazine groups is 1. The Morgan fingerprint density at radius 2 is 2.15 bits per heavy atom. The summed E-state index contributed by atoms with van der Waals surface area (Å²) >= 11 is 0. The molecule has 20 heavy (non-hydrogen) atoms. The van der Waals surface area contributed by atoms with Crippen molar-refractivity contribution in [2.75, 3.05) is 38.9 Å². The number of ether oxygens (including phenoxy) is 2. The molecule has 0 amide bonds. The monoisotopic (exact) mass is 304 g/mol. The highest BCUT2D eigenvalue weighted by Gasteiger charge is 2.18. The lowest BCUT2D eigenvalue weighted by atomic mass is 10.5. The molecule has 1 rings (SSSR count). The standard InChI is InChI=1S/C11H20N4O4S/c1-18-8-9-19-7-3-6-14-20(16,17)10-4-2-5-13-11(10)15-12/h2,4-5,14H,3,6-9,12H2,1H3,(H,13,15). The maximum Gasteiger partial charge on any atom is 0.244 e. The van der Waals surface area contributed by atoms with Crippen LogP contribution < -0.4 is 16.0 Å². The number of hydrogen-bond acceptors (Lipinski definition) is 7. The van der Waals surface area contributed by atoms with E-state index in [1.54, 1.807) is 7.11 Å². The lowest BCUT2D eigenvalue weighted by Gasteiger charge is -2.10. The van der Waals surface area contributed by atoms with Crippen molar-refractivity contribution in [1.29, 1.82) is 0 Å². The first-order chi connectivity index (χ1) is 9.61. The van der Waals surface area contributed by atoms with Crippen molar-refractivity contribution in [3.63, 3.8) is 0 Å². The average molecular weight is 304 g/mol. The topological polar surface area (TPSA) is 116 Å². The number of anilines is 1. The third kappa shape index (κ3) is 5.39. The molecule has 1 heterocycles. The van der Waals surface area contributed by atoms with E-state index in [-0.39, 0.29) is 17.3 Å². The van der Waals surface area contributed by atoms with Crippen molar-refractivity contribution in [2.45, 2.75) is 11.3 Å². The normalized spacial score (nSPS) is 11.5. The SMILES string of the molecule is COCCOCCCNS(=O)(=O)c1cccnc1NN. The minimum absolute atomic E-state index is 0.0165. The van der Waals surface area contributed by atoms with Gasteiger partial charge in [-0.2, -0.15) is 0 Å². The average Bonchev–Trinajstić information content (AvgIpc) is 2.46. The van der Waals surface area contributed by atoms with Gasteiger partial charge in [0.1, 0.15) is 4.90 Å². The van der Waals surface area contributed by atoms with Crippen LogP contribution in [0.2, 0.25) is 0 Å². The van der Waals surface area contributed by atoms with Gasteiger partial charge >= 0.3 is 0 Å². The number of sulfonamides is 1. The van der Waals surface area contributed by atoms with E-state index in [9.17, 15) is 8.42 Å². The van der Waals surface area contributed by atoms with Crippen molar-refractivity contribution in [3.8, 4) is 0 Å². The quantitative estimate of drug-likeness (QED) is 0.309. The van der Waals surface area contributed by atoms with E-state index in [4.69, 9.17) is 15.3 Å². The zero-order valence-electron chi connectivity index (χ0n) is 11.3. The number of hydrogen-bond donors (Lipinski definition) is 3. The lowest BCUT2D eigenvalue weighted by molar-refractivity contribution is 0.0699. The molecule has 9 heteroatoms. The lowest BCUT2D eigenvalue weighted by Crippen LogP contribution is -2.27. The molecule has 8 nitrogen and oxygen atoms in total. The predicted molar refractivity (Wildman–Crippen MR) is 74.5 cm³/mol. The molecule has 1 aromatic rings. The van der Waals surface area contributed by atoms with Gasteiger partial charge in [0.2, 0.25) is 10.0 Å². The van der Waals surface area contributed by atoms with Crippen LogP contribution in [-0.4, -0.2) is 46.9 Å². The minimum Gasteiger partial charge on any atom is -0.382 e. The van der Waals surface area contributed by atoms with E-state index < -0.39 is 10.0 Å². The van der Waals surface area contributed by atoms with Gasteiger partial charge in [-0.05, 0) is 18.6 Å². The van der Waals surface area contributed by atoms with Gasteiger partial charge in [-0.25, -0.2) is 24.0 Å². The van der Waals surface area contributed by atoms with Gasteiger partial charge in [0.15, 0.2) is 5.82 Å². The van der Waals surface area contributed by atoms with Crippen molar-refractivity contribution in [2.24, 2.45) is 5.84 Å². The molecule has 0 aliphatic carbocycles. The molecule has 0 spiro atoms. The summed E-state index contributed by atoms with van der Waals surface area (Å²) in [7, 11) is -2.04. The summed E-state index contributed by atoms with van der Waals surface area (Å²) in [6, 6.07) is 2.96. The van der Waals surface area contributed by atoms with Gasteiger partial charge in [-0.3, -0.25) is 0 Å². The van der Waals surface area contributed by atoms with Crippen molar-refractivity contribution in [1.82, 2.24) is 9.71 Å². The van der Waals surface area contributed by atoms with Gasteiger partial charge < -0.3 is 14.9 Å². The summed E-state index contributed by atoms with van der Waals surface area (Å²) in [5.74, 6) is 5.34. The van der Waals surface area contributed by atoms with E-state index in [1.165, 1.54) is 18.3 Å². The van der Waals surface area contributed by atoms with E-state index >= 15 is 0 Å². The van der Waals surface area contributed by atoms with Crippen LogP contribution in [0.3, 0.4) is 0 Å². The third-order valence-corrected chi connectivity index (χ3v) is 3.88. The van der Waals surface area contributed by atoms with Crippen LogP contribution in [0, 0.1) is 0 Å². The van der Waals surface area contributed by atoms with Crippen molar-refractivity contribution < 1.29 is 17.9 Å². The molecule has 0 aromatic carbocycles. The maximum atomic E-state index is 12.0. The number of nitrogens with zero attached hydrogens (tertiary/aromatic N) is 1. The highest BCUT2D eigenvalue weighted by molar-refractivity contribution is 7.89. The molecule has 114 valence electrons. The van der Waals surface area contributed by atoms with Crippen LogP contribution in [0.1, 0.15) is 6.42 Å². The van der Waals surface area contributed by atoms with E-state index in [2.05, 4.69) is 15.1 Å². The summed E-state index contributed by atoms with van der Waals surface area (Å²) in [6.45, 7) is 1.75. The Bertz CT molecular complexity index is 495. The first-order valence-corrected chi connectivity index (χ1v) is 7.58. The fraction of sp³-hybridized carbons (Fsp3) is 0.545. The fourth-order valence-electron chi connectivity index (χ4n) is 1.42. The molecule has 0 unspecified atom stereocenters. The number of nitrogen functional groups attached to an aromatic ring is 1. The Morgan fingerprint density at radius 3 is 2.85 bits per heavy atom. The Balaban J connectivity index is 2.42.